The van der Waals surface area contributed by atoms with Crippen molar-refractivity contribution >= 4 is 11.3 Å². The normalized spacial score (nSPS) is 15.5. The Labute approximate surface area is 78.6 Å². The molecule has 0 fully saturated rings. The molecule has 0 amide bonds. The van der Waals surface area contributed by atoms with Gasteiger partial charge < -0.3 is 5.73 Å². The number of nitrogen functional groups attached to an aromatic ring is 1. The molecule has 1 aromatic rings. The van der Waals surface area contributed by atoms with Crippen LogP contribution in [0.3, 0.4) is 0 Å². The summed E-state index contributed by atoms with van der Waals surface area (Å²) >= 11 is 0. The summed E-state index contributed by atoms with van der Waals surface area (Å²) in [5.74, 6) is 0. The third kappa shape index (κ3) is 1.50. The van der Waals surface area contributed by atoms with E-state index in [0.717, 1.165) is 12.1 Å². The van der Waals surface area contributed by atoms with Crippen LogP contribution in [0.15, 0.2) is 42.0 Å². The van der Waals surface area contributed by atoms with E-state index >= 15 is 0 Å². The molecule has 0 saturated carbocycles. The largest absolute Gasteiger partial charge is 0.398 e. The van der Waals surface area contributed by atoms with Crippen LogP contribution in [0.4, 0.5) is 5.69 Å². The van der Waals surface area contributed by atoms with Crippen LogP contribution in [0.2, 0.25) is 0 Å². The molecule has 1 aliphatic carbocycles. The van der Waals surface area contributed by atoms with Gasteiger partial charge in [-0.3, -0.25) is 0 Å². The Kier molecular flexibility index (Phi) is 1.93. The van der Waals surface area contributed by atoms with Gasteiger partial charge in [-0.05, 0) is 25.0 Å². The predicted molar refractivity (Wildman–Crippen MR) is 57.2 cm³/mol. The summed E-state index contributed by atoms with van der Waals surface area (Å²) < 4.78 is 0. The molecule has 0 heterocycles. The number of hydrogen-bond donors (Lipinski definition) is 1. The Hall–Kier alpha value is -1.50. The van der Waals surface area contributed by atoms with Crippen LogP contribution in [0, 0.1) is 0 Å². The van der Waals surface area contributed by atoms with E-state index in [9.17, 15) is 0 Å². The van der Waals surface area contributed by atoms with E-state index in [1.807, 2.05) is 18.2 Å². The molecular weight excluding hydrogens is 158 g/mol. The van der Waals surface area contributed by atoms with Crippen LogP contribution in [-0.2, 0) is 0 Å². The second kappa shape index (κ2) is 3.09. The molecule has 1 nitrogen and oxygen atoms in total. The highest BCUT2D eigenvalue weighted by atomic mass is 14.6. The Bertz CT molecular complexity index is 386. The Morgan fingerprint density at radius 3 is 2.54 bits per heavy atom. The molecule has 0 saturated heterocycles. The van der Waals surface area contributed by atoms with Crippen LogP contribution < -0.4 is 5.73 Å². The van der Waals surface area contributed by atoms with Crippen LogP contribution in [0.25, 0.3) is 5.57 Å². The predicted octanol–water partition coefficient (Wildman–Crippen LogP) is 3.00. The maximum atomic E-state index is 5.88. The highest BCUT2D eigenvalue weighted by molar-refractivity contribution is 5.79. The highest BCUT2D eigenvalue weighted by Crippen LogP contribution is 2.30. The van der Waals surface area contributed by atoms with Gasteiger partial charge in [-0.15, -0.1) is 0 Å². The molecule has 66 valence electrons. The molecule has 13 heavy (non-hydrogen) atoms. The molecule has 2 N–H and O–H groups in total. The number of para-hydroxylation sites is 1. The topological polar surface area (TPSA) is 26.0 Å². The average molecular weight is 171 g/mol. The lowest BCUT2D eigenvalue weighted by atomic mass is 10.0. The number of allylic oxidation sites excluding steroid dienone is 4. The maximum absolute atomic E-state index is 5.88. The SMILES string of the molecule is CC1=CC=C(c2ccccc2N)C1. The second-order valence-corrected chi connectivity index (χ2v) is 3.47. The van der Waals surface area contributed by atoms with Gasteiger partial charge in [0.2, 0.25) is 0 Å². The van der Waals surface area contributed by atoms with E-state index in [-0.39, 0.29) is 0 Å². The van der Waals surface area contributed by atoms with Crippen LogP contribution in [0.1, 0.15) is 18.9 Å². The number of hydrogen-bond acceptors (Lipinski definition) is 1. The first-order valence-corrected chi connectivity index (χ1v) is 4.48. The Balaban J connectivity index is 2.34. The van der Waals surface area contributed by atoms with Crippen molar-refractivity contribution in [1.82, 2.24) is 0 Å². The van der Waals surface area contributed by atoms with Crippen molar-refractivity contribution in [2.24, 2.45) is 0 Å². The summed E-state index contributed by atoms with van der Waals surface area (Å²) in [4.78, 5) is 0. The first-order valence-electron chi connectivity index (χ1n) is 4.48. The van der Waals surface area contributed by atoms with Crippen molar-refractivity contribution < 1.29 is 0 Å². The second-order valence-electron chi connectivity index (χ2n) is 3.47. The smallest absolute Gasteiger partial charge is 0.0390 e. The summed E-state index contributed by atoms with van der Waals surface area (Å²) in [5.41, 5.74) is 10.7. The minimum atomic E-state index is 0.872. The van der Waals surface area contributed by atoms with Gasteiger partial charge in [-0.1, -0.05) is 35.9 Å². The number of benzene rings is 1. The number of rotatable bonds is 1. The zero-order valence-electron chi connectivity index (χ0n) is 7.75. The summed E-state index contributed by atoms with van der Waals surface area (Å²) in [6, 6.07) is 8.02. The molecule has 0 unspecified atom stereocenters. The Morgan fingerprint density at radius 2 is 1.92 bits per heavy atom. The molecule has 0 radical (unpaired) electrons. The van der Waals surface area contributed by atoms with E-state index in [1.54, 1.807) is 0 Å². The summed E-state index contributed by atoms with van der Waals surface area (Å²) in [6.45, 7) is 2.14. The maximum Gasteiger partial charge on any atom is 0.0390 e. The zero-order valence-corrected chi connectivity index (χ0v) is 7.75. The van der Waals surface area contributed by atoms with E-state index < -0.39 is 0 Å². The van der Waals surface area contributed by atoms with Gasteiger partial charge in [-0.25, -0.2) is 0 Å². The minimum Gasteiger partial charge on any atom is -0.398 e. The van der Waals surface area contributed by atoms with Gasteiger partial charge in [0.25, 0.3) is 0 Å². The first-order chi connectivity index (χ1) is 6.27. The molecule has 1 aromatic carbocycles. The van der Waals surface area contributed by atoms with Gasteiger partial charge in [0, 0.05) is 11.3 Å². The number of anilines is 1. The fourth-order valence-electron chi connectivity index (χ4n) is 1.64. The zero-order chi connectivity index (χ0) is 9.26. The molecule has 2 rings (SSSR count). The third-order valence-corrected chi connectivity index (χ3v) is 2.35. The van der Waals surface area contributed by atoms with Gasteiger partial charge in [-0.2, -0.15) is 0 Å². The van der Waals surface area contributed by atoms with Crippen molar-refractivity contribution in [3.63, 3.8) is 0 Å². The molecular formula is C12H13N. The van der Waals surface area contributed by atoms with Crippen LogP contribution in [-0.4, -0.2) is 0 Å². The van der Waals surface area contributed by atoms with E-state index in [4.69, 9.17) is 5.73 Å². The minimum absolute atomic E-state index is 0.872. The molecule has 0 atom stereocenters. The lowest BCUT2D eigenvalue weighted by molar-refractivity contribution is 1.26. The standard InChI is InChI=1S/C12H13N/c1-9-6-7-10(8-9)11-4-2-3-5-12(11)13/h2-7H,8,13H2,1H3. The quantitative estimate of drug-likeness (QED) is 0.646. The van der Waals surface area contributed by atoms with Gasteiger partial charge in [0.15, 0.2) is 0 Å². The molecule has 1 aliphatic rings. The van der Waals surface area contributed by atoms with E-state index in [2.05, 4.69) is 25.1 Å². The lowest BCUT2D eigenvalue weighted by Crippen LogP contribution is -1.91. The van der Waals surface area contributed by atoms with Gasteiger partial charge in [0.1, 0.15) is 0 Å². The Morgan fingerprint density at radius 1 is 1.15 bits per heavy atom. The molecule has 0 aromatic heterocycles. The van der Waals surface area contributed by atoms with E-state index in [1.165, 1.54) is 16.7 Å². The van der Waals surface area contributed by atoms with Crippen molar-refractivity contribution in [2.75, 3.05) is 5.73 Å². The third-order valence-electron chi connectivity index (χ3n) is 2.35. The van der Waals surface area contributed by atoms with Gasteiger partial charge >= 0.3 is 0 Å². The van der Waals surface area contributed by atoms with Crippen molar-refractivity contribution in [2.45, 2.75) is 13.3 Å². The van der Waals surface area contributed by atoms with Crippen molar-refractivity contribution in [3.8, 4) is 0 Å². The van der Waals surface area contributed by atoms with Crippen molar-refractivity contribution in [3.05, 3.63) is 47.6 Å². The fourth-order valence-corrected chi connectivity index (χ4v) is 1.64. The fraction of sp³-hybridized carbons (Fsp3) is 0.167. The monoisotopic (exact) mass is 171 g/mol. The van der Waals surface area contributed by atoms with Crippen LogP contribution in [0.5, 0.6) is 0 Å². The molecule has 0 aliphatic heterocycles. The highest BCUT2D eigenvalue weighted by Gasteiger charge is 2.08. The van der Waals surface area contributed by atoms with Crippen LogP contribution >= 0.6 is 0 Å². The summed E-state index contributed by atoms with van der Waals surface area (Å²) in [6.07, 6.45) is 5.34. The summed E-state index contributed by atoms with van der Waals surface area (Å²) in [5, 5.41) is 0. The molecule has 1 heteroatoms. The lowest BCUT2D eigenvalue weighted by Gasteiger charge is -2.06. The van der Waals surface area contributed by atoms with Crippen molar-refractivity contribution in [1.29, 1.82) is 0 Å². The first kappa shape index (κ1) is 8.11. The van der Waals surface area contributed by atoms with E-state index in [0.29, 0.717) is 0 Å². The molecule has 0 spiro atoms. The summed E-state index contributed by atoms with van der Waals surface area (Å²) in [7, 11) is 0. The average Bonchev–Trinajstić information content (AvgIpc) is 2.53. The van der Waals surface area contributed by atoms with Gasteiger partial charge in [0.05, 0.1) is 0 Å². The number of nitrogens with two attached hydrogens (primary N) is 1. The molecule has 0 bridgehead atoms.